The molecule has 0 amide bonds. The van der Waals surface area contributed by atoms with Crippen molar-refractivity contribution in [3.8, 4) is 0 Å². The highest BCUT2D eigenvalue weighted by Gasteiger charge is 2.34. The van der Waals surface area contributed by atoms with Gasteiger partial charge in [-0.05, 0) is 68.9 Å². The number of nitrogens with zero attached hydrogens (tertiary/aromatic N) is 1. The van der Waals surface area contributed by atoms with Crippen LogP contribution in [0.2, 0.25) is 0 Å². The fourth-order valence-electron chi connectivity index (χ4n) is 4.25. The first-order valence-corrected chi connectivity index (χ1v) is 8.60. The van der Waals surface area contributed by atoms with Crippen LogP contribution in [0.5, 0.6) is 0 Å². The highest BCUT2D eigenvalue weighted by atomic mass is 16.3. The Bertz CT molecular complexity index is 1210. The van der Waals surface area contributed by atoms with Gasteiger partial charge in [0.05, 0.1) is 0 Å². The fraction of sp³-hybridized carbons (Fsp3) is 0.130. The second-order valence-corrected chi connectivity index (χ2v) is 7.05. The van der Waals surface area contributed by atoms with Crippen LogP contribution in [0, 0.1) is 4.91 Å². The standard InChI is InChI=1S/C23H17NO/c1-23(24-25)12-6-11-19-21-14-16-8-3-2-7-15(16)13-20(21)17-9-4-5-10-18(17)22(19)23/h2-11,13-14H,12H2,1H3. The summed E-state index contributed by atoms with van der Waals surface area (Å²) in [6.07, 6.45) is 4.88. The lowest BCUT2D eigenvalue weighted by molar-refractivity contribution is 0.501. The molecule has 2 heteroatoms. The first-order valence-electron chi connectivity index (χ1n) is 8.60. The minimum Gasteiger partial charge on any atom is -0.150 e. The van der Waals surface area contributed by atoms with Crippen molar-refractivity contribution in [3.05, 3.63) is 82.8 Å². The van der Waals surface area contributed by atoms with E-state index in [1.807, 2.05) is 13.0 Å². The van der Waals surface area contributed by atoms with Gasteiger partial charge >= 0.3 is 0 Å². The van der Waals surface area contributed by atoms with Crippen LogP contribution in [0.4, 0.5) is 0 Å². The average molecular weight is 323 g/mol. The molecule has 0 heterocycles. The Morgan fingerprint density at radius 1 is 0.840 bits per heavy atom. The summed E-state index contributed by atoms with van der Waals surface area (Å²) in [7, 11) is 0. The van der Waals surface area contributed by atoms with Gasteiger partial charge in [0, 0.05) is 0 Å². The van der Waals surface area contributed by atoms with Crippen LogP contribution in [0.15, 0.2) is 71.9 Å². The minimum atomic E-state index is -0.719. The maximum absolute atomic E-state index is 11.8. The molecule has 2 nitrogen and oxygen atoms in total. The van der Waals surface area contributed by atoms with E-state index in [9.17, 15) is 4.91 Å². The lowest BCUT2D eigenvalue weighted by atomic mass is 9.77. The number of nitroso groups, excluding NO2 is 1. The third kappa shape index (κ3) is 1.91. The van der Waals surface area contributed by atoms with Crippen molar-refractivity contribution in [1.29, 1.82) is 0 Å². The van der Waals surface area contributed by atoms with Crippen molar-refractivity contribution in [3.63, 3.8) is 0 Å². The van der Waals surface area contributed by atoms with Crippen molar-refractivity contribution in [1.82, 2.24) is 0 Å². The third-order valence-corrected chi connectivity index (χ3v) is 5.47. The summed E-state index contributed by atoms with van der Waals surface area (Å²) >= 11 is 0. The monoisotopic (exact) mass is 323 g/mol. The van der Waals surface area contributed by atoms with Gasteiger partial charge in [0.25, 0.3) is 0 Å². The van der Waals surface area contributed by atoms with Crippen LogP contribution in [0.1, 0.15) is 24.5 Å². The Hall–Kier alpha value is -3.00. The molecule has 4 aromatic rings. The smallest absolute Gasteiger partial charge is 0.129 e. The Kier molecular flexibility index (Phi) is 2.87. The number of rotatable bonds is 1. The molecule has 0 spiro atoms. The first-order chi connectivity index (χ1) is 12.2. The molecule has 0 radical (unpaired) electrons. The Balaban J connectivity index is 2.09. The molecular weight excluding hydrogens is 306 g/mol. The van der Waals surface area contributed by atoms with Crippen LogP contribution in [0.25, 0.3) is 38.4 Å². The second-order valence-electron chi connectivity index (χ2n) is 7.05. The Morgan fingerprint density at radius 3 is 2.20 bits per heavy atom. The van der Waals surface area contributed by atoms with E-state index in [0.29, 0.717) is 6.42 Å². The van der Waals surface area contributed by atoms with E-state index in [4.69, 9.17) is 0 Å². The molecule has 0 aromatic heterocycles. The Labute approximate surface area is 145 Å². The predicted octanol–water partition coefficient (Wildman–Crippen LogP) is 6.54. The van der Waals surface area contributed by atoms with E-state index in [1.54, 1.807) is 0 Å². The van der Waals surface area contributed by atoms with Gasteiger partial charge in [-0.15, -0.1) is 4.91 Å². The molecule has 0 fully saturated rings. The molecule has 1 atom stereocenters. The van der Waals surface area contributed by atoms with E-state index >= 15 is 0 Å². The van der Waals surface area contributed by atoms with E-state index in [1.165, 1.54) is 26.9 Å². The summed E-state index contributed by atoms with van der Waals surface area (Å²) in [5.74, 6) is 0. The zero-order valence-corrected chi connectivity index (χ0v) is 14.0. The van der Waals surface area contributed by atoms with Crippen LogP contribution in [-0.2, 0) is 5.54 Å². The molecule has 0 saturated heterocycles. The van der Waals surface area contributed by atoms with Crippen LogP contribution < -0.4 is 0 Å². The molecule has 0 aliphatic heterocycles. The van der Waals surface area contributed by atoms with Crippen molar-refractivity contribution in [2.45, 2.75) is 18.9 Å². The summed E-state index contributed by atoms with van der Waals surface area (Å²) in [4.78, 5) is 11.8. The van der Waals surface area contributed by atoms with Gasteiger partial charge in [-0.1, -0.05) is 65.9 Å². The Morgan fingerprint density at radius 2 is 1.48 bits per heavy atom. The SMILES string of the molecule is CC1(N=O)CC=Cc2c1c1ccccc1c1cc3ccccc3cc21. The number of hydrogen-bond donors (Lipinski definition) is 0. The number of benzene rings is 4. The van der Waals surface area contributed by atoms with Gasteiger partial charge in [0.1, 0.15) is 5.54 Å². The fourth-order valence-corrected chi connectivity index (χ4v) is 4.25. The van der Waals surface area contributed by atoms with Gasteiger partial charge in [-0.2, -0.15) is 0 Å². The van der Waals surface area contributed by atoms with Gasteiger partial charge in [0.2, 0.25) is 0 Å². The topological polar surface area (TPSA) is 29.4 Å². The van der Waals surface area contributed by atoms with E-state index in [0.717, 1.165) is 16.5 Å². The summed E-state index contributed by atoms with van der Waals surface area (Å²) in [6.45, 7) is 1.95. The van der Waals surface area contributed by atoms with Crippen LogP contribution >= 0.6 is 0 Å². The van der Waals surface area contributed by atoms with Crippen molar-refractivity contribution < 1.29 is 0 Å². The van der Waals surface area contributed by atoms with Gasteiger partial charge in [0.15, 0.2) is 0 Å². The highest BCUT2D eigenvalue weighted by molar-refractivity contribution is 6.16. The van der Waals surface area contributed by atoms with E-state index in [2.05, 4.69) is 71.9 Å². The average Bonchev–Trinajstić information content (AvgIpc) is 2.67. The minimum absolute atomic E-state index is 0.645. The summed E-state index contributed by atoms with van der Waals surface area (Å²) in [5, 5.41) is 10.7. The van der Waals surface area contributed by atoms with Crippen molar-refractivity contribution in [2.24, 2.45) is 5.18 Å². The predicted molar refractivity (Wildman–Crippen MR) is 106 cm³/mol. The quantitative estimate of drug-likeness (QED) is 0.222. The van der Waals surface area contributed by atoms with Gasteiger partial charge < -0.3 is 0 Å². The maximum atomic E-state index is 11.8. The number of hydrogen-bond acceptors (Lipinski definition) is 2. The molecule has 1 unspecified atom stereocenters. The zero-order chi connectivity index (χ0) is 17.0. The van der Waals surface area contributed by atoms with Crippen LogP contribution in [-0.4, -0.2) is 0 Å². The molecular formula is C23H17NO. The molecule has 120 valence electrons. The summed E-state index contributed by atoms with van der Waals surface area (Å²) in [5.41, 5.74) is 1.47. The van der Waals surface area contributed by atoms with E-state index < -0.39 is 5.54 Å². The molecule has 4 aromatic carbocycles. The molecule has 0 N–H and O–H groups in total. The second kappa shape index (κ2) is 5.00. The largest absolute Gasteiger partial charge is 0.150 e. The zero-order valence-electron chi connectivity index (χ0n) is 14.0. The molecule has 1 aliphatic rings. The van der Waals surface area contributed by atoms with Crippen molar-refractivity contribution >= 4 is 38.4 Å². The molecule has 1 aliphatic carbocycles. The number of fused-ring (bicyclic) bond motifs is 7. The maximum Gasteiger partial charge on any atom is 0.129 e. The lowest BCUT2D eigenvalue weighted by Crippen LogP contribution is -2.22. The molecule has 5 rings (SSSR count). The molecule has 0 bridgehead atoms. The van der Waals surface area contributed by atoms with Crippen molar-refractivity contribution in [2.75, 3.05) is 0 Å². The molecule has 25 heavy (non-hydrogen) atoms. The highest BCUT2D eigenvalue weighted by Crippen LogP contribution is 2.45. The van der Waals surface area contributed by atoms with E-state index in [-0.39, 0.29) is 0 Å². The molecule has 0 saturated carbocycles. The first kappa shape index (κ1) is 14.4. The third-order valence-electron chi connectivity index (χ3n) is 5.47. The van der Waals surface area contributed by atoms with Gasteiger partial charge in [-0.3, -0.25) is 0 Å². The summed E-state index contributed by atoms with van der Waals surface area (Å²) < 4.78 is 0. The lowest BCUT2D eigenvalue weighted by Gasteiger charge is -2.29. The van der Waals surface area contributed by atoms with Crippen LogP contribution in [0.3, 0.4) is 0 Å². The summed E-state index contributed by atoms with van der Waals surface area (Å²) in [6, 6.07) is 21.3. The van der Waals surface area contributed by atoms with Gasteiger partial charge in [-0.25, -0.2) is 0 Å². The normalized spacial score (nSPS) is 19.4.